The molecule has 0 spiro atoms. The fourth-order valence-electron chi connectivity index (χ4n) is 1.34. The number of nitrogens with zero attached hydrogens (tertiary/aromatic N) is 3. The summed E-state index contributed by atoms with van der Waals surface area (Å²) in [4.78, 5) is 4.16. The molecule has 0 aliphatic carbocycles. The van der Waals surface area contributed by atoms with Crippen LogP contribution in [0.15, 0.2) is 30.7 Å². The van der Waals surface area contributed by atoms with E-state index in [-0.39, 0.29) is 0 Å². The molecule has 0 radical (unpaired) electrons. The summed E-state index contributed by atoms with van der Waals surface area (Å²) < 4.78 is 4.02. The van der Waals surface area contributed by atoms with Gasteiger partial charge in [-0.05, 0) is 18.2 Å². The molecule has 48 valence electrons. The average molecular weight is 131 g/mol. The molecular weight excluding hydrogens is 126 g/mol. The van der Waals surface area contributed by atoms with E-state index >= 15 is 0 Å². The SMILES string of the molecule is c1cc2ncn3ccc1n23. The van der Waals surface area contributed by atoms with Crippen LogP contribution in [0.1, 0.15) is 0 Å². The molecule has 0 bridgehead atoms. The predicted molar refractivity (Wildman–Crippen MR) is 37.3 cm³/mol. The lowest BCUT2D eigenvalue weighted by Crippen LogP contribution is -1.83. The summed E-state index contributed by atoms with van der Waals surface area (Å²) in [5.41, 5.74) is 2.22. The van der Waals surface area contributed by atoms with Crippen molar-refractivity contribution in [1.29, 1.82) is 0 Å². The van der Waals surface area contributed by atoms with E-state index in [2.05, 4.69) is 21.6 Å². The Morgan fingerprint density at radius 2 is 2.20 bits per heavy atom. The van der Waals surface area contributed by atoms with Crippen molar-refractivity contribution in [3.05, 3.63) is 30.7 Å². The first kappa shape index (κ1) is 4.33. The van der Waals surface area contributed by atoms with Crippen LogP contribution in [0.25, 0.3) is 11.2 Å². The summed E-state index contributed by atoms with van der Waals surface area (Å²) in [5, 5.41) is 0. The van der Waals surface area contributed by atoms with Gasteiger partial charge in [0.05, 0.1) is 5.52 Å². The maximum absolute atomic E-state index is 4.16. The van der Waals surface area contributed by atoms with E-state index in [1.165, 1.54) is 5.52 Å². The van der Waals surface area contributed by atoms with Gasteiger partial charge >= 0.3 is 0 Å². The largest absolute Gasteiger partial charge is 0.244 e. The Balaban J connectivity index is 2.92. The Morgan fingerprint density at radius 3 is 3.20 bits per heavy atom. The van der Waals surface area contributed by atoms with Gasteiger partial charge in [-0.2, -0.15) is 0 Å². The van der Waals surface area contributed by atoms with E-state index in [0.717, 1.165) is 5.65 Å². The second kappa shape index (κ2) is 1.16. The zero-order valence-corrected chi connectivity index (χ0v) is 5.23. The van der Waals surface area contributed by atoms with Crippen LogP contribution in [0.5, 0.6) is 0 Å². The van der Waals surface area contributed by atoms with Gasteiger partial charge in [0.1, 0.15) is 6.33 Å². The smallest absolute Gasteiger partial charge is 0.154 e. The maximum Gasteiger partial charge on any atom is 0.154 e. The van der Waals surface area contributed by atoms with E-state index in [4.69, 9.17) is 0 Å². The Hall–Kier alpha value is -1.51. The summed E-state index contributed by atoms with van der Waals surface area (Å²) in [6, 6.07) is 6.13. The highest BCUT2D eigenvalue weighted by Gasteiger charge is 2.01. The number of hydrogen-bond donors (Lipinski definition) is 0. The minimum atomic E-state index is 1.01. The van der Waals surface area contributed by atoms with Crippen molar-refractivity contribution in [2.45, 2.75) is 0 Å². The third-order valence-electron chi connectivity index (χ3n) is 1.80. The van der Waals surface area contributed by atoms with Gasteiger partial charge in [-0.15, -0.1) is 0 Å². The first-order valence-corrected chi connectivity index (χ1v) is 3.18. The molecular formula is C7H5N3. The standard InChI is InChI=1S/C7H5N3/c1-2-7-8-5-9-4-3-6(1)10(7)9/h1-5H. The molecule has 10 heavy (non-hydrogen) atoms. The van der Waals surface area contributed by atoms with Crippen LogP contribution < -0.4 is 0 Å². The highest BCUT2D eigenvalue weighted by Crippen LogP contribution is 2.10. The van der Waals surface area contributed by atoms with Crippen LogP contribution >= 0.6 is 0 Å². The topological polar surface area (TPSA) is 21.7 Å². The van der Waals surface area contributed by atoms with Gasteiger partial charge in [-0.1, -0.05) is 0 Å². The zero-order valence-electron chi connectivity index (χ0n) is 5.23. The third kappa shape index (κ3) is 0.301. The van der Waals surface area contributed by atoms with Crippen LogP contribution in [0.2, 0.25) is 0 Å². The summed E-state index contributed by atoms with van der Waals surface area (Å²) in [5.74, 6) is 0. The summed E-state index contributed by atoms with van der Waals surface area (Å²) in [7, 11) is 0. The molecule has 0 aromatic carbocycles. The van der Waals surface area contributed by atoms with Crippen molar-refractivity contribution >= 4 is 11.2 Å². The van der Waals surface area contributed by atoms with Crippen LogP contribution in [-0.2, 0) is 0 Å². The van der Waals surface area contributed by atoms with E-state index < -0.39 is 0 Å². The van der Waals surface area contributed by atoms with Gasteiger partial charge in [-0.3, -0.25) is 0 Å². The molecule has 0 amide bonds. The van der Waals surface area contributed by atoms with Crippen LogP contribution in [0, 0.1) is 0 Å². The Labute approximate surface area is 56.8 Å². The van der Waals surface area contributed by atoms with Crippen molar-refractivity contribution < 1.29 is 0 Å². The molecule has 3 heteroatoms. The molecule has 0 atom stereocenters. The normalized spacial score (nSPS) is 12.0. The highest BCUT2D eigenvalue weighted by atomic mass is 15.4. The van der Waals surface area contributed by atoms with Gasteiger partial charge in [0.25, 0.3) is 0 Å². The lowest BCUT2D eigenvalue weighted by atomic mass is 10.5. The predicted octanol–water partition coefficient (Wildman–Crippen LogP) is 1.02. The number of hydrogen-bond acceptors (Lipinski definition) is 1. The summed E-state index contributed by atoms with van der Waals surface area (Å²) >= 11 is 0. The van der Waals surface area contributed by atoms with Crippen molar-refractivity contribution in [2.24, 2.45) is 0 Å². The summed E-state index contributed by atoms with van der Waals surface area (Å²) in [6.45, 7) is 0. The molecule has 0 aliphatic rings. The molecule has 0 fully saturated rings. The molecule has 3 aromatic rings. The fourth-order valence-corrected chi connectivity index (χ4v) is 1.34. The van der Waals surface area contributed by atoms with Gasteiger partial charge < -0.3 is 0 Å². The van der Waals surface area contributed by atoms with Crippen LogP contribution in [0.3, 0.4) is 0 Å². The van der Waals surface area contributed by atoms with Crippen molar-refractivity contribution in [3.63, 3.8) is 0 Å². The van der Waals surface area contributed by atoms with Gasteiger partial charge in [0.2, 0.25) is 0 Å². The zero-order chi connectivity index (χ0) is 6.55. The second-order valence-electron chi connectivity index (χ2n) is 2.37. The van der Waals surface area contributed by atoms with E-state index in [1.54, 1.807) is 0 Å². The monoisotopic (exact) mass is 131 g/mol. The lowest BCUT2D eigenvalue weighted by Gasteiger charge is -1.81. The van der Waals surface area contributed by atoms with Crippen molar-refractivity contribution in [2.75, 3.05) is 0 Å². The lowest BCUT2D eigenvalue weighted by molar-refractivity contribution is 0.899. The van der Waals surface area contributed by atoms with Crippen LogP contribution in [-0.4, -0.2) is 14.0 Å². The first-order valence-electron chi connectivity index (χ1n) is 3.18. The fraction of sp³-hybridized carbons (Fsp3) is 0. The quantitative estimate of drug-likeness (QED) is 0.446. The molecule has 3 heterocycles. The van der Waals surface area contributed by atoms with Crippen molar-refractivity contribution in [3.8, 4) is 0 Å². The molecule has 0 unspecified atom stereocenters. The number of aromatic nitrogens is 3. The first-order chi connectivity index (χ1) is 4.95. The minimum absolute atomic E-state index is 1.01. The van der Waals surface area contributed by atoms with E-state index in [1.807, 2.05) is 23.1 Å². The minimum Gasteiger partial charge on any atom is -0.244 e. The molecule has 3 rings (SSSR count). The van der Waals surface area contributed by atoms with Gasteiger partial charge in [-0.25, -0.2) is 14.0 Å². The molecule has 0 saturated carbocycles. The Bertz CT molecular complexity index is 361. The Morgan fingerprint density at radius 1 is 1.20 bits per heavy atom. The van der Waals surface area contributed by atoms with E-state index in [0.29, 0.717) is 0 Å². The van der Waals surface area contributed by atoms with Crippen LogP contribution in [0.4, 0.5) is 0 Å². The molecule has 0 N–H and O–H groups in total. The summed E-state index contributed by atoms with van der Waals surface area (Å²) in [6.07, 6.45) is 3.80. The second-order valence-corrected chi connectivity index (χ2v) is 2.37. The molecule has 3 nitrogen and oxygen atoms in total. The van der Waals surface area contributed by atoms with Gasteiger partial charge in [0.15, 0.2) is 5.65 Å². The Kier molecular flexibility index (Phi) is 0.502. The average Bonchev–Trinajstić information content (AvgIpc) is 2.56. The van der Waals surface area contributed by atoms with E-state index in [9.17, 15) is 0 Å². The third-order valence-corrected chi connectivity index (χ3v) is 1.80. The maximum atomic E-state index is 4.16. The number of rotatable bonds is 0. The molecule has 3 aromatic heterocycles. The van der Waals surface area contributed by atoms with Gasteiger partial charge in [0, 0.05) is 6.20 Å². The van der Waals surface area contributed by atoms with Crippen molar-refractivity contribution in [1.82, 2.24) is 14.0 Å². The highest BCUT2D eigenvalue weighted by molar-refractivity contribution is 5.58. The molecule has 0 aliphatic heterocycles. The molecule has 0 saturated heterocycles.